The quantitative estimate of drug-likeness (QED) is 0.790. The summed E-state index contributed by atoms with van der Waals surface area (Å²) in [6.07, 6.45) is 2.34. The van der Waals surface area contributed by atoms with E-state index < -0.39 is 0 Å². The maximum absolute atomic E-state index is 11.9. The number of unbranched alkanes of at least 4 members (excludes halogenated alkanes) is 1. The second-order valence-electron chi connectivity index (χ2n) is 4.71. The number of carbonyl (C=O) groups excluding carboxylic acids is 1. The van der Waals surface area contributed by atoms with Crippen LogP contribution in [0.1, 0.15) is 26.2 Å². The third-order valence-corrected chi connectivity index (χ3v) is 3.18. The van der Waals surface area contributed by atoms with Gasteiger partial charge in [0.25, 0.3) is 0 Å². The summed E-state index contributed by atoms with van der Waals surface area (Å²) in [5, 5.41) is 3.41. The maximum atomic E-state index is 11.9. The third-order valence-electron chi connectivity index (χ3n) is 2.94. The number of rotatable bonds is 6. The Morgan fingerprint density at radius 1 is 1.19 bits per heavy atom. The van der Waals surface area contributed by atoms with Crippen molar-refractivity contribution < 1.29 is 9.53 Å². The fourth-order valence-electron chi connectivity index (χ4n) is 1.85. The van der Waals surface area contributed by atoms with E-state index in [2.05, 4.69) is 12.2 Å². The van der Waals surface area contributed by atoms with E-state index in [1.807, 2.05) is 30.3 Å². The largest absolute Gasteiger partial charge is 0.455 e. The normalized spacial score (nSPS) is 10.2. The van der Waals surface area contributed by atoms with Crippen LogP contribution >= 0.6 is 11.6 Å². The first kappa shape index (κ1) is 15.4. The van der Waals surface area contributed by atoms with Gasteiger partial charge in [-0.15, -0.1) is 0 Å². The molecule has 0 aliphatic heterocycles. The zero-order valence-electron chi connectivity index (χ0n) is 11.9. The molecule has 1 amide bonds. The van der Waals surface area contributed by atoms with Gasteiger partial charge in [-0.1, -0.05) is 43.1 Å². The molecule has 0 aromatic heterocycles. The Bertz CT molecular complexity index is 599. The molecule has 0 heterocycles. The van der Waals surface area contributed by atoms with Gasteiger partial charge < -0.3 is 10.1 Å². The van der Waals surface area contributed by atoms with E-state index >= 15 is 0 Å². The number of ether oxygens (including phenoxy) is 1. The Hall–Kier alpha value is -2.00. The highest BCUT2D eigenvalue weighted by atomic mass is 35.5. The van der Waals surface area contributed by atoms with Crippen molar-refractivity contribution in [3.05, 3.63) is 53.6 Å². The molecule has 1 N–H and O–H groups in total. The number of hydrogen-bond donors (Lipinski definition) is 1. The number of halogens is 1. The Balaban J connectivity index is 2.15. The van der Waals surface area contributed by atoms with Gasteiger partial charge in [0.2, 0.25) is 5.91 Å². The van der Waals surface area contributed by atoms with Crippen molar-refractivity contribution in [3.8, 4) is 11.5 Å². The number of nitrogens with one attached hydrogen (secondary N) is 1. The molecule has 0 saturated heterocycles. The fraction of sp³-hybridized carbons (Fsp3) is 0.235. The van der Waals surface area contributed by atoms with Gasteiger partial charge in [0.15, 0.2) is 5.75 Å². The van der Waals surface area contributed by atoms with Gasteiger partial charge in [0.1, 0.15) is 5.75 Å². The molecule has 110 valence electrons. The van der Waals surface area contributed by atoms with Crippen LogP contribution in [0.2, 0.25) is 5.02 Å². The van der Waals surface area contributed by atoms with E-state index in [0.29, 0.717) is 28.6 Å². The summed E-state index contributed by atoms with van der Waals surface area (Å²) in [5.74, 6) is 1.26. The van der Waals surface area contributed by atoms with Crippen LogP contribution in [0.25, 0.3) is 0 Å². The molecular weight excluding hydrogens is 286 g/mol. The lowest BCUT2D eigenvalue weighted by atomic mass is 10.2. The number of para-hydroxylation sites is 1. The summed E-state index contributed by atoms with van der Waals surface area (Å²) in [6, 6.07) is 14.6. The number of carbonyl (C=O) groups is 1. The Morgan fingerprint density at radius 2 is 1.95 bits per heavy atom. The first-order valence-electron chi connectivity index (χ1n) is 7.01. The molecule has 2 aromatic rings. The van der Waals surface area contributed by atoms with Crippen LogP contribution in [0.5, 0.6) is 11.5 Å². The third kappa shape index (κ3) is 4.80. The Morgan fingerprint density at radius 3 is 2.67 bits per heavy atom. The van der Waals surface area contributed by atoms with Crippen LogP contribution in [0.3, 0.4) is 0 Å². The smallest absolute Gasteiger partial charge is 0.224 e. The fourth-order valence-corrected chi connectivity index (χ4v) is 2.03. The van der Waals surface area contributed by atoms with E-state index in [1.165, 1.54) is 0 Å². The Kier molecular flexibility index (Phi) is 5.64. The van der Waals surface area contributed by atoms with Crippen molar-refractivity contribution in [2.75, 3.05) is 5.32 Å². The predicted molar refractivity (Wildman–Crippen MR) is 86.1 cm³/mol. The SMILES string of the molecule is CCCCC(=O)Nc1cc(Cl)ccc1Oc1ccccc1. The van der Waals surface area contributed by atoms with E-state index in [1.54, 1.807) is 18.2 Å². The van der Waals surface area contributed by atoms with Crippen molar-refractivity contribution in [2.45, 2.75) is 26.2 Å². The van der Waals surface area contributed by atoms with Crippen LogP contribution in [0.4, 0.5) is 5.69 Å². The minimum Gasteiger partial charge on any atom is -0.455 e. The van der Waals surface area contributed by atoms with Crippen LogP contribution in [-0.2, 0) is 4.79 Å². The van der Waals surface area contributed by atoms with Gasteiger partial charge in [-0.3, -0.25) is 4.79 Å². The second-order valence-corrected chi connectivity index (χ2v) is 5.14. The summed E-state index contributed by atoms with van der Waals surface area (Å²) in [5.41, 5.74) is 0.590. The lowest BCUT2D eigenvalue weighted by molar-refractivity contribution is -0.116. The summed E-state index contributed by atoms with van der Waals surface area (Å²) < 4.78 is 5.80. The topological polar surface area (TPSA) is 38.3 Å². The van der Waals surface area contributed by atoms with E-state index in [4.69, 9.17) is 16.3 Å². The number of anilines is 1. The van der Waals surface area contributed by atoms with Crippen molar-refractivity contribution >= 4 is 23.2 Å². The molecule has 0 radical (unpaired) electrons. The summed E-state index contributed by atoms with van der Waals surface area (Å²) in [4.78, 5) is 11.9. The highest BCUT2D eigenvalue weighted by Crippen LogP contribution is 2.32. The van der Waals surface area contributed by atoms with Gasteiger partial charge in [-0.25, -0.2) is 0 Å². The zero-order valence-corrected chi connectivity index (χ0v) is 12.7. The van der Waals surface area contributed by atoms with Gasteiger partial charge in [0, 0.05) is 11.4 Å². The molecule has 0 aliphatic rings. The minimum atomic E-state index is -0.0305. The molecule has 0 atom stereocenters. The maximum Gasteiger partial charge on any atom is 0.224 e. The predicted octanol–water partition coefficient (Wildman–Crippen LogP) is 5.26. The van der Waals surface area contributed by atoms with Gasteiger partial charge in [0.05, 0.1) is 5.69 Å². The average molecular weight is 304 g/mol. The molecule has 2 rings (SSSR count). The lowest BCUT2D eigenvalue weighted by Crippen LogP contribution is -2.11. The molecule has 2 aromatic carbocycles. The van der Waals surface area contributed by atoms with E-state index in [9.17, 15) is 4.79 Å². The van der Waals surface area contributed by atoms with Crippen LogP contribution < -0.4 is 10.1 Å². The molecule has 0 spiro atoms. The van der Waals surface area contributed by atoms with Crippen LogP contribution in [-0.4, -0.2) is 5.91 Å². The van der Waals surface area contributed by atoms with Gasteiger partial charge in [-0.2, -0.15) is 0 Å². The standard InChI is InChI=1S/C17H18ClNO2/c1-2-3-9-17(20)19-15-12-13(18)10-11-16(15)21-14-7-5-4-6-8-14/h4-8,10-12H,2-3,9H2,1H3,(H,19,20). The molecule has 0 aliphatic carbocycles. The van der Waals surface area contributed by atoms with Crippen molar-refractivity contribution in [2.24, 2.45) is 0 Å². The highest BCUT2D eigenvalue weighted by Gasteiger charge is 2.09. The van der Waals surface area contributed by atoms with Gasteiger partial charge in [-0.05, 0) is 36.8 Å². The summed E-state index contributed by atoms with van der Waals surface area (Å²) >= 11 is 6.00. The van der Waals surface area contributed by atoms with E-state index in [0.717, 1.165) is 12.8 Å². The van der Waals surface area contributed by atoms with Crippen LogP contribution in [0.15, 0.2) is 48.5 Å². The molecule has 0 unspecified atom stereocenters. The number of amides is 1. The van der Waals surface area contributed by atoms with Crippen molar-refractivity contribution in [1.82, 2.24) is 0 Å². The summed E-state index contributed by atoms with van der Waals surface area (Å²) in [6.45, 7) is 2.05. The Labute approximate surface area is 129 Å². The second kappa shape index (κ2) is 7.70. The zero-order chi connectivity index (χ0) is 15.1. The first-order valence-corrected chi connectivity index (χ1v) is 7.39. The summed E-state index contributed by atoms with van der Waals surface area (Å²) in [7, 11) is 0. The molecule has 4 heteroatoms. The molecule has 21 heavy (non-hydrogen) atoms. The molecular formula is C17H18ClNO2. The van der Waals surface area contributed by atoms with E-state index in [-0.39, 0.29) is 5.91 Å². The highest BCUT2D eigenvalue weighted by molar-refractivity contribution is 6.31. The molecule has 3 nitrogen and oxygen atoms in total. The average Bonchev–Trinajstić information content (AvgIpc) is 2.49. The van der Waals surface area contributed by atoms with Crippen LogP contribution in [0, 0.1) is 0 Å². The first-order chi connectivity index (χ1) is 10.2. The molecule has 0 bridgehead atoms. The minimum absolute atomic E-state index is 0.0305. The number of hydrogen-bond acceptors (Lipinski definition) is 2. The molecule has 0 fully saturated rings. The molecule has 0 saturated carbocycles. The van der Waals surface area contributed by atoms with Crippen molar-refractivity contribution in [3.63, 3.8) is 0 Å². The lowest BCUT2D eigenvalue weighted by Gasteiger charge is -2.12. The number of benzene rings is 2. The van der Waals surface area contributed by atoms with Gasteiger partial charge >= 0.3 is 0 Å². The monoisotopic (exact) mass is 303 g/mol. The van der Waals surface area contributed by atoms with Crippen molar-refractivity contribution in [1.29, 1.82) is 0 Å².